The number of amides is 2. The van der Waals surface area contributed by atoms with E-state index in [0.717, 1.165) is 29.5 Å². The van der Waals surface area contributed by atoms with Gasteiger partial charge in [0, 0.05) is 37.3 Å². The van der Waals surface area contributed by atoms with E-state index in [9.17, 15) is 9.59 Å². The summed E-state index contributed by atoms with van der Waals surface area (Å²) >= 11 is 0. The maximum absolute atomic E-state index is 13.6. The summed E-state index contributed by atoms with van der Waals surface area (Å²) in [7, 11) is 1.60. The Morgan fingerprint density at radius 1 is 1.24 bits per heavy atom. The highest BCUT2D eigenvalue weighted by Crippen LogP contribution is 2.57. The summed E-state index contributed by atoms with van der Waals surface area (Å²) in [4.78, 5) is 27.8. The average molecular weight is 501 g/mol. The van der Waals surface area contributed by atoms with Gasteiger partial charge in [-0.05, 0) is 56.2 Å². The molecule has 9 heteroatoms. The predicted molar refractivity (Wildman–Crippen MR) is 135 cm³/mol. The van der Waals surface area contributed by atoms with Gasteiger partial charge in [-0.15, -0.1) is 0 Å². The molecule has 0 bridgehead atoms. The molecular formula is C28H28N4O5. The molecule has 3 aromatic heterocycles. The zero-order valence-electron chi connectivity index (χ0n) is 21.0. The molecule has 1 spiro atoms. The number of hydrogen-bond donors (Lipinski definition) is 1. The summed E-state index contributed by atoms with van der Waals surface area (Å²) in [5, 5.41) is 7.81. The highest BCUT2D eigenvalue weighted by Gasteiger charge is 2.61. The number of carbonyl (C=O) groups excluding carboxylic acids is 2. The van der Waals surface area contributed by atoms with E-state index in [-0.39, 0.29) is 17.4 Å². The molecule has 3 unspecified atom stereocenters. The van der Waals surface area contributed by atoms with Gasteiger partial charge in [-0.3, -0.25) is 9.59 Å². The number of ether oxygens (including phenoxy) is 2. The van der Waals surface area contributed by atoms with E-state index in [1.54, 1.807) is 49.1 Å². The molecule has 2 saturated heterocycles. The molecule has 0 radical (unpaired) electrons. The number of rotatable bonds is 4. The van der Waals surface area contributed by atoms with Gasteiger partial charge in [-0.1, -0.05) is 0 Å². The SMILES string of the molecule is CNC(=O)c1c(C)oc2cc(Oc3ccnn4cc(C(=O)N5CCC6(C5)OCC5CC56)c(C)c34)ccc12. The molecule has 9 nitrogen and oxygen atoms in total. The normalized spacial score (nSPS) is 24.2. The van der Waals surface area contributed by atoms with E-state index in [4.69, 9.17) is 13.9 Å². The molecule has 3 aliphatic rings. The van der Waals surface area contributed by atoms with Crippen LogP contribution in [0.15, 0.2) is 41.1 Å². The number of furan rings is 1. The van der Waals surface area contributed by atoms with Crippen LogP contribution in [0.3, 0.4) is 0 Å². The molecule has 5 heterocycles. The number of benzene rings is 1. The third-order valence-electron chi connectivity index (χ3n) is 8.37. The molecule has 2 aliphatic heterocycles. The van der Waals surface area contributed by atoms with E-state index in [1.807, 2.05) is 17.9 Å². The first kappa shape index (κ1) is 22.4. The van der Waals surface area contributed by atoms with Crippen molar-refractivity contribution in [3.63, 3.8) is 0 Å². The molecular weight excluding hydrogens is 472 g/mol. The van der Waals surface area contributed by atoms with Crippen LogP contribution in [0.25, 0.3) is 16.5 Å². The van der Waals surface area contributed by atoms with E-state index in [0.29, 0.717) is 58.9 Å². The van der Waals surface area contributed by atoms with Gasteiger partial charge in [0.2, 0.25) is 0 Å². The van der Waals surface area contributed by atoms with Crippen molar-refractivity contribution < 1.29 is 23.5 Å². The molecule has 4 aromatic rings. The van der Waals surface area contributed by atoms with E-state index in [1.165, 1.54) is 6.42 Å². The Balaban J connectivity index is 1.19. The van der Waals surface area contributed by atoms with E-state index >= 15 is 0 Å². The van der Waals surface area contributed by atoms with Gasteiger partial charge >= 0.3 is 0 Å². The van der Waals surface area contributed by atoms with Gasteiger partial charge in [-0.2, -0.15) is 5.10 Å². The first-order valence-corrected chi connectivity index (χ1v) is 12.7. The molecule has 3 atom stereocenters. The van der Waals surface area contributed by atoms with Crippen LogP contribution in [0.5, 0.6) is 11.5 Å². The number of fused-ring (bicyclic) bond motifs is 4. The summed E-state index contributed by atoms with van der Waals surface area (Å²) in [5.74, 6) is 2.81. The fourth-order valence-corrected chi connectivity index (χ4v) is 6.34. The fourth-order valence-electron chi connectivity index (χ4n) is 6.34. The largest absolute Gasteiger partial charge is 0.460 e. The molecule has 1 N–H and O–H groups in total. The van der Waals surface area contributed by atoms with Crippen molar-refractivity contribution in [2.45, 2.75) is 32.3 Å². The molecule has 190 valence electrons. The molecule has 1 aromatic carbocycles. The second-order valence-corrected chi connectivity index (χ2v) is 10.5. The number of hydrogen-bond acceptors (Lipinski definition) is 6. The zero-order chi connectivity index (χ0) is 25.5. The van der Waals surface area contributed by atoms with Gasteiger partial charge in [0.15, 0.2) is 5.75 Å². The summed E-state index contributed by atoms with van der Waals surface area (Å²) < 4.78 is 20.0. The molecule has 2 amide bonds. The maximum atomic E-state index is 13.6. The van der Waals surface area contributed by atoms with Crippen molar-refractivity contribution in [1.29, 1.82) is 0 Å². The Hall–Kier alpha value is -3.85. The Bertz CT molecular complexity index is 1600. The third kappa shape index (κ3) is 3.30. The van der Waals surface area contributed by atoms with Crippen LogP contribution < -0.4 is 10.1 Å². The summed E-state index contributed by atoms with van der Waals surface area (Å²) in [6.07, 6.45) is 5.59. The number of likely N-dealkylation sites (tertiary alicyclic amines) is 1. The number of nitrogens with one attached hydrogen (secondary N) is 1. The minimum Gasteiger partial charge on any atom is -0.460 e. The van der Waals surface area contributed by atoms with Crippen LogP contribution in [-0.2, 0) is 4.74 Å². The van der Waals surface area contributed by atoms with Crippen LogP contribution in [-0.4, -0.2) is 58.7 Å². The topological polar surface area (TPSA) is 98.3 Å². The lowest BCUT2D eigenvalue weighted by Gasteiger charge is -2.25. The van der Waals surface area contributed by atoms with Crippen molar-refractivity contribution >= 4 is 28.3 Å². The Kier molecular flexibility index (Phi) is 4.73. The molecule has 7 rings (SSSR count). The van der Waals surface area contributed by atoms with Gasteiger partial charge in [0.05, 0.1) is 36.1 Å². The van der Waals surface area contributed by atoms with Crippen LogP contribution in [0.1, 0.15) is 44.9 Å². The highest BCUT2D eigenvalue weighted by molar-refractivity contribution is 6.07. The first-order chi connectivity index (χ1) is 17.9. The molecule has 3 fully saturated rings. The van der Waals surface area contributed by atoms with Crippen molar-refractivity contribution in [3.8, 4) is 11.5 Å². The van der Waals surface area contributed by atoms with E-state index in [2.05, 4.69) is 10.4 Å². The quantitative estimate of drug-likeness (QED) is 0.453. The van der Waals surface area contributed by atoms with Crippen LogP contribution >= 0.6 is 0 Å². The van der Waals surface area contributed by atoms with Gasteiger partial charge in [-0.25, -0.2) is 4.52 Å². The lowest BCUT2D eigenvalue weighted by atomic mass is 9.97. The van der Waals surface area contributed by atoms with E-state index < -0.39 is 0 Å². The monoisotopic (exact) mass is 500 g/mol. The van der Waals surface area contributed by atoms with Crippen molar-refractivity contribution in [2.75, 3.05) is 26.7 Å². The minimum atomic E-state index is -0.192. The van der Waals surface area contributed by atoms with Crippen molar-refractivity contribution in [1.82, 2.24) is 19.8 Å². The zero-order valence-corrected chi connectivity index (χ0v) is 21.0. The second kappa shape index (κ2) is 7.82. The Morgan fingerprint density at radius 2 is 2.11 bits per heavy atom. The standard InChI is InChI=1S/C28H28N4O5/c1-15-20(27(34)31-9-7-28(14-31)21-10-17(21)13-35-28)12-32-25(15)22(6-8-30-32)37-18-4-5-19-23(11-18)36-16(2)24(19)26(33)29-3/h4-6,8,11-12,17,21H,7,9-10,13-14H2,1-3H3,(H,29,33). The van der Waals surface area contributed by atoms with Crippen LogP contribution in [0.2, 0.25) is 0 Å². The van der Waals surface area contributed by atoms with Crippen molar-refractivity contribution in [3.05, 3.63) is 59.1 Å². The molecule has 1 saturated carbocycles. The minimum absolute atomic E-state index is 0.00716. The predicted octanol–water partition coefficient (Wildman–Crippen LogP) is 4.10. The smallest absolute Gasteiger partial charge is 0.255 e. The second-order valence-electron chi connectivity index (χ2n) is 10.5. The fraction of sp³-hybridized carbons (Fsp3) is 0.393. The summed E-state index contributed by atoms with van der Waals surface area (Å²) in [6, 6.07) is 7.19. The number of aromatic nitrogens is 2. The first-order valence-electron chi connectivity index (χ1n) is 12.7. The summed E-state index contributed by atoms with van der Waals surface area (Å²) in [5.41, 5.74) is 3.13. The van der Waals surface area contributed by atoms with Crippen LogP contribution in [0.4, 0.5) is 0 Å². The number of carbonyl (C=O) groups is 2. The molecule has 37 heavy (non-hydrogen) atoms. The highest BCUT2D eigenvalue weighted by atomic mass is 16.5. The lowest BCUT2D eigenvalue weighted by Crippen LogP contribution is -2.38. The van der Waals surface area contributed by atoms with Crippen LogP contribution in [0, 0.1) is 25.7 Å². The average Bonchev–Trinajstić information content (AvgIpc) is 3.15. The maximum Gasteiger partial charge on any atom is 0.255 e. The lowest BCUT2D eigenvalue weighted by molar-refractivity contribution is -0.0149. The molecule has 1 aliphatic carbocycles. The van der Waals surface area contributed by atoms with Gasteiger partial charge in [0.25, 0.3) is 11.8 Å². The Labute approximate surface area is 213 Å². The summed E-state index contributed by atoms with van der Waals surface area (Å²) in [6.45, 7) is 5.91. The number of aryl methyl sites for hydroxylation is 2. The third-order valence-corrected chi connectivity index (χ3v) is 8.37. The Morgan fingerprint density at radius 3 is 2.86 bits per heavy atom. The van der Waals surface area contributed by atoms with Gasteiger partial charge < -0.3 is 24.1 Å². The number of nitrogens with zero attached hydrogens (tertiary/aromatic N) is 3. The van der Waals surface area contributed by atoms with Crippen molar-refractivity contribution in [2.24, 2.45) is 11.8 Å². The van der Waals surface area contributed by atoms with Gasteiger partial charge in [0.1, 0.15) is 22.6 Å².